The number of nitrogens with zero attached hydrogens (tertiary/aromatic N) is 1. The first kappa shape index (κ1) is 21.6. The molecule has 34 heavy (non-hydrogen) atoms. The number of hydrogen-bond acceptors (Lipinski definition) is 7. The van der Waals surface area contributed by atoms with E-state index in [0.717, 1.165) is 5.56 Å². The number of hydrogen-bond donors (Lipinski definition) is 2. The van der Waals surface area contributed by atoms with Crippen LogP contribution in [0.3, 0.4) is 0 Å². The van der Waals surface area contributed by atoms with Crippen LogP contribution in [0.15, 0.2) is 36.4 Å². The first-order valence-corrected chi connectivity index (χ1v) is 10.3. The molecule has 0 aromatic heterocycles. The van der Waals surface area contributed by atoms with Crippen molar-refractivity contribution < 1.29 is 42.2 Å². The van der Waals surface area contributed by atoms with Gasteiger partial charge in [0.2, 0.25) is 11.8 Å². The maximum atomic E-state index is 13.1. The van der Waals surface area contributed by atoms with Gasteiger partial charge in [-0.05, 0) is 35.7 Å². The van der Waals surface area contributed by atoms with Crippen LogP contribution in [0.1, 0.15) is 34.3 Å². The van der Waals surface area contributed by atoms with Gasteiger partial charge in [-0.1, -0.05) is 12.1 Å². The predicted octanol–water partition coefficient (Wildman–Crippen LogP) is 2.52. The maximum Gasteiger partial charge on any atom is 0.586 e. The summed E-state index contributed by atoms with van der Waals surface area (Å²) in [6.07, 6.45) is -4.18. The number of nitrogens with one attached hydrogen (secondary N) is 2. The molecule has 3 aliphatic rings. The third-order valence-corrected chi connectivity index (χ3v) is 5.61. The molecule has 0 radical (unpaired) electrons. The van der Waals surface area contributed by atoms with Crippen LogP contribution in [-0.4, -0.2) is 41.1 Å². The smallest absolute Gasteiger partial charge is 0.444 e. The first-order chi connectivity index (χ1) is 16.2. The summed E-state index contributed by atoms with van der Waals surface area (Å²) >= 11 is 0. The second kappa shape index (κ2) is 7.97. The van der Waals surface area contributed by atoms with Crippen LogP contribution in [0.5, 0.6) is 11.5 Å². The fraction of sp³-hybridized carbons (Fsp3) is 0.273. The summed E-state index contributed by atoms with van der Waals surface area (Å²) in [7, 11) is 0. The highest BCUT2D eigenvalue weighted by molar-refractivity contribution is 6.05. The molecule has 0 saturated carbocycles. The summed E-state index contributed by atoms with van der Waals surface area (Å²) in [6.45, 7) is 0.0820. The molecule has 0 aliphatic carbocycles. The SMILES string of the molecule is O=C1CCC(N2Cc3ccc(COC(=O)Nc4ccc5c(c4)OC(F)(F)O5)cc3C2=O)C(=O)N1. The summed E-state index contributed by atoms with van der Waals surface area (Å²) in [4.78, 5) is 49.9. The lowest BCUT2D eigenvalue weighted by molar-refractivity contribution is -0.286. The second-order valence-corrected chi connectivity index (χ2v) is 7.92. The quantitative estimate of drug-likeness (QED) is 0.654. The molecule has 1 unspecified atom stereocenters. The molecule has 1 atom stereocenters. The Bertz CT molecular complexity index is 1230. The van der Waals surface area contributed by atoms with Crippen LogP contribution in [0, 0.1) is 0 Å². The van der Waals surface area contributed by atoms with Crippen molar-refractivity contribution in [2.24, 2.45) is 0 Å². The number of imide groups is 1. The number of ether oxygens (including phenoxy) is 3. The zero-order valence-corrected chi connectivity index (χ0v) is 17.4. The van der Waals surface area contributed by atoms with E-state index in [4.69, 9.17) is 4.74 Å². The van der Waals surface area contributed by atoms with Gasteiger partial charge in [-0.2, -0.15) is 0 Å². The number of anilines is 1. The Balaban J connectivity index is 1.19. The summed E-state index contributed by atoms with van der Waals surface area (Å²) in [5.74, 6) is -1.57. The molecule has 3 heterocycles. The highest BCUT2D eigenvalue weighted by Crippen LogP contribution is 2.42. The summed E-state index contributed by atoms with van der Waals surface area (Å²) < 4.78 is 40.0. The normalized spacial score (nSPS) is 20.1. The summed E-state index contributed by atoms with van der Waals surface area (Å²) in [6, 6.07) is 8.03. The van der Waals surface area contributed by atoms with Gasteiger partial charge in [0.1, 0.15) is 12.6 Å². The van der Waals surface area contributed by atoms with Crippen LogP contribution >= 0.6 is 0 Å². The maximum absolute atomic E-state index is 13.1. The van der Waals surface area contributed by atoms with Crippen molar-refractivity contribution in [2.45, 2.75) is 38.3 Å². The van der Waals surface area contributed by atoms with E-state index in [0.29, 0.717) is 11.1 Å². The average Bonchev–Trinajstić information content (AvgIpc) is 3.26. The number of alkyl halides is 2. The number of rotatable bonds is 4. The fourth-order valence-corrected chi connectivity index (χ4v) is 4.02. The largest absolute Gasteiger partial charge is 0.586 e. The molecule has 10 nitrogen and oxygen atoms in total. The Morgan fingerprint density at radius 1 is 1.15 bits per heavy atom. The molecule has 4 amide bonds. The van der Waals surface area contributed by atoms with Crippen LogP contribution in [0.2, 0.25) is 0 Å². The lowest BCUT2D eigenvalue weighted by Gasteiger charge is -2.29. The van der Waals surface area contributed by atoms with E-state index in [2.05, 4.69) is 20.1 Å². The third kappa shape index (κ3) is 4.09. The van der Waals surface area contributed by atoms with Gasteiger partial charge in [0.25, 0.3) is 5.91 Å². The zero-order chi connectivity index (χ0) is 24.0. The minimum Gasteiger partial charge on any atom is -0.444 e. The van der Waals surface area contributed by atoms with Crippen molar-refractivity contribution in [1.82, 2.24) is 10.2 Å². The minimum atomic E-state index is -3.76. The number of carbonyl (C=O) groups excluding carboxylic acids is 4. The number of halogens is 2. The Hall–Kier alpha value is -4.22. The van der Waals surface area contributed by atoms with Crippen molar-refractivity contribution in [3.8, 4) is 11.5 Å². The van der Waals surface area contributed by atoms with E-state index in [-0.39, 0.29) is 55.0 Å². The number of benzene rings is 2. The fourth-order valence-electron chi connectivity index (χ4n) is 4.02. The van der Waals surface area contributed by atoms with E-state index >= 15 is 0 Å². The number of piperidine rings is 1. The van der Waals surface area contributed by atoms with Crippen LogP contribution in [-0.2, 0) is 27.5 Å². The van der Waals surface area contributed by atoms with Gasteiger partial charge in [0.05, 0.1) is 0 Å². The Labute approximate surface area is 190 Å². The Morgan fingerprint density at radius 2 is 1.94 bits per heavy atom. The van der Waals surface area contributed by atoms with Crippen molar-refractivity contribution >= 4 is 29.5 Å². The molecule has 2 N–H and O–H groups in total. The third-order valence-electron chi connectivity index (χ3n) is 5.61. The van der Waals surface area contributed by atoms with Crippen molar-refractivity contribution in [3.63, 3.8) is 0 Å². The van der Waals surface area contributed by atoms with Gasteiger partial charge in [-0.25, -0.2) is 4.79 Å². The highest BCUT2D eigenvalue weighted by atomic mass is 19.3. The lowest BCUT2D eigenvalue weighted by atomic mass is 10.0. The van der Waals surface area contributed by atoms with Gasteiger partial charge in [-0.3, -0.25) is 25.0 Å². The molecule has 1 fully saturated rings. The molecule has 176 valence electrons. The van der Waals surface area contributed by atoms with E-state index in [1.54, 1.807) is 18.2 Å². The van der Waals surface area contributed by atoms with E-state index in [1.165, 1.54) is 23.1 Å². The second-order valence-electron chi connectivity index (χ2n) is 7.92. The molecule has 2 aromatic carbocycles. The molecule has 0 spiro atoms. The predicted molar refractivity (Wildman–Crippen MR) is 109 cm³/mol. The number of amides is 4. The first-order valence-electron chi connectivity index (χ1n) is 10.3. The molecular weight excluding hydrogens is 456 g/mol. The zero-order valence-electron chi connectivity index (χ0n) is 17.4. The van der Waals surface area contributed by atoms with Crippen molar-refractivity contribution in [1.29, 1.82) is 0 Å². The van der Waals surface area contributed by atoms with Gasteiger partial charge in [0.15, 0.2) is 11.5 Å². The molecule has 0 bridgehead atoms. The van der Waals surface area contributed by atoms with Gasteiger partial charge in [-0.15, -0.1) is 8.78 Å². The minimum absolute atomic E-state index is 0.155. The molecule has 2 aromatic rings. The van der Waals surface area contributed by atoms with Crippen molar-refractivity contribution in [3.05, 3.63) is 53.1 Å². The van der Waals surface area contributed by atoms with E-state index in [1.807, 2.05) is 0 Å². The molecule has 1 saturated heterocycles. The standard InChI is InChI=1S/C22H17F2N3O7/c23-22(24)33-16-5-3-13(8-17(16)34-22)25-21(31)32-10-11-1-2-12-9-27(20(30)14(12)7-11)15-4-6-18(28)26-19(15)29/h1-3,5,7-8,15H,4,6,9-10H2,(H,25,31)(H,26,28,29). The van der Waals surface area contributed by atoms with Gasteiger partial charge < -0.3 is 19.1 Å². The lowest BCUT2D eigenvalue weighted by Crippen LogP contribution is -2.52. The topological polar surface area (TPSA) is 123 Å². The van der Waals surface area contributed by atoms with E-state index in [9.17, 15) is 28.0 Å². The van der Waals surface area contributed by atoms with Gasteiger partial charge in [0, 0.05) is 30.3 Å². The highest BCUT2D eigenvalue weighted by Gasteiger charge is 2.43. The molecular formula is C22H17F2N3O7. The summed E-state index contributed by atoms with van der Waals surface area (Å²) in [5.41, 5.74) is 1.81. The molecule has 5 rings (SSSR count). The molecule has 12 heteroatoms. The Morgan fingerprint density at radius 3 is 2.74 bits per heavy atom. The van der Waals surface area contributed by atoms with Gasteiger partial charge >= 0.3 is 12.4 Å². The van der Waals surface area contributed by atoms with E-state index < -0.39 is 24.3 Å². The summed E-state index contributed by atoms with van der Waals surface area (Å²) in [5, 5.41) is 4.65. The number of carbonyl (C=O) groups is 4. The molecule has 3 aliphatic heterocycles. The van der Waals surface area contributed by atoms with Crippen LogP contribution in [0.25, 0.3) is 0 Å². The van der Waals surface area contributed by atoms with Crippen molar-refractivity contribution in [2.75, 3.05) is 5.32 Å². The Kier molecular flexibility index (Phi) is 5.07. The van der Waals surface area contributed by atoms with Crippen LogP contribution in [0.4, 0.5) is 19.3 Å². The number of fused-ring (bicyclic) bond motifs is 2. The average molecular weight is 473 g/mol. The van der Waals surface area contributed by atoms with Crippen LogP contribution < -0.4 is 20.1 Å². The monoisotopic (exact) mass is 473 g/mol.